The Kier molecular flexibility index (Phi) is 7.53. The SMILES string of the molecule is CCOCCCN1C(=O)[C@H]2C(C(=O)Nc3cccc(OC)c3)[C@H]3C=CC2(O3)C1C(=O)NC1CCCCC1. The molecule has 3 amide bonds. The van der Waals surface area contributed by atoms with E-state index in [2.05, 4.69) is 10.6 Å². The number of hydrogen-bond donors (Lipinski definition) is 2. The lowest BCUT2D eigenvalue weighted by molar-refractivity contribution is -0.141. The molecule has 5 atom stereocenters. The van der Waals surface area contributed by atoms with Gasteiger partial charge in [-0.25, -0.2) is 0 Å². The summed E-state index contributed by atoms with van der Waals surface area (Å²) in [7, 11) is 1.56. The second-order valence-electron chi connectivity index (χ2n) is 10.3. The number of ether oxygens (including phenoxy) is 3. The number of methoxy groups -OCH3 is 1. The Labute approximate surface area is 217 Å². The number of likely N-dealkylation sites (tertiary alicyclic amines) is 1. The zero-order valence-electron chi connectivity index (χ0n) is 21.6. The van der Waals surface area contributed by atoms with Crippen molar-refractivity contribution in [1.82, 2.24) is 10.2 Å². The van der Waals surface area contributed by atoms with E-state index in [0.717, 1.165) is 25.7 Å². The summed E-state index contributed by atoms with van der Waals surface area (Å²) >= 11 is 0. The molecule has 5 rings (SSSR count). The minimum Gasteiger partial charge on any atom is -0.497 e. The molecule has 2 bridgehead atoms. The molecule has 1 saturated carbocycles. The number of nitrogens with one attached hydrogen (secondary N) is 2. The largest absolute Gasteiger partial charge is 0.497 e. The highest BCUT2D eigenvalue weighted by molar-refractivity contribution is 6.02. The van der Waals surface area contributed by atoms with E-state index in [-0.39, 0.29) is 23.8 Å². The summed E-state index contributed by atoms with van der Waals surface area (Å²) in [5, 5.41) is 6.14. The van der Waals surface area contributed by atoms with E-state index >= 15 is 0 Å². The van der Waals surface area contributed by atoms with Crippen molar-refractivity contribution < 1.29 is 28.6 Å². The highest BCUT2D eigenvalue weighted by Gasteiger charge is 2.72. The fourth-order valence-electron chi connectivity index (χ4n) is 6.44. The Hall–Kier alpha value is -2.91. The highest BCUT2D eigenvalue weighted by atomic mass is 16.5. The van der Waals surface area contributed by atoms with Gasteiger partial charge in [0.25, 0.3) is 0 Å². The lowest BCUT2D eigenvalue weighted by atomic mass is 9.74. The van der Waals surface area contributed by atoms with Gasteiger partial charge in [-0.2, -0.15) is 0 Å². The number of fused-ring (bicyclic) bond motifs is 1. The Morgan fingerprint density at radius 2 is 2.00 bits per heavy atom. The van der Waals surface area contributed by atoms with Crippen LogP contribution in [0, 0.1) is 11.8 Å². The van der Waals surface area contributed by atoms with Gasteiger partial charge in [0.15, 0.2) is 0 Å². The van der Waals surface area contributed by atoms with Crippen LogP contribution in [-0.4, -0.2) is 73.3 Å². The van der Waals surface area contributed by atoms with Crippen molar-refractivity contribution in [3.05, 3.63) is 36.4 Å². The lowest BCUT2D eigenvalue weighted by Crippen LogP contribution is -2.56. The minimum absolute atomic E-state index is 0.104. The molecule has 1 spiro atoms. The third kappa shape index (κ3) is 4.75. The number of benzene rings is 1. The van der Waals surface area contributed by atoms with E-state index in [4.69, 9.17) is 14.2 Å². The van der Waals surface area contributed by atoms with Crippen molar-refractivity contribution >= 4 is 23.4 Å². The number of nitrogens with zero attached hydrogens (tertiary/aromatic N) is 1. The average molecular weight is 512 g/mol. The van der Waals surface area contributed by atoms with Crippen LogP contribution in [0.5, 0.6) is 5.75 Å². The van der Waals surface area contributed by atoms with Gasteiger partial charge in [-0.3, -0.25) is 14.4 Å². The van der Waals surface area contributed by atoms with Gasteiger partial charge in [-0.15, -0.1) is 0 Å². The van der Waals surface area contributed by atoms with Gasteiger partial charge in [0.05, 0.1) is 25.0 Å². The van der Waals surface area contributed by atoms with E-state index in [1.54, 1.807) is 36.3 Å². The van der Waals surface area contributed by atoms with Gasteiger partial charge >= 0.3 is 0 Å². The first-order valence-electron chi connectivity index (χ1n) is 13.5. The molecule has 37 heavy (non-hydrogen) atoms. The molecule has 200 valence electrons. The Bertz CT molecular complexity index is 1050. The molecule has 3 aliphatic heterocycles. The third-order valence-corrected chi connectivity index (χ3v) is 8.11. The van der Waals surface area contributed by atoms with E-state index in [0.29, 0.717) is 37.6 Å². The highest BCUT2D eigenvalue weighted by Crippen LogP contribution is 2.55. The fourth-order valence-corrected chi connectivity index (χ4v) is 6.44. The smallest absolute Gasteiger partial charge is 0.246 e. The zero-order chi connectivity index (χ0) is 26.0. The van der Waals surface area contributed by atoms with Crippen LogP contribution in [0.25, 0.3) is 0 Å². The van der Waals surface area contributed by atoms with Crippen molar-refractivity contribution in [2.75, 3.05) is 32.2 Å². The minimum atomic E-state index is -1.15. The van der Waals surface area contributed by atoms with Crippen molar-refractivity contribution in [1.29, 1.82) is 0 Å². The first-order valence-corrected chi connectivity index (χ1v) is 13.5. The maximum Gasteiger partial charge on any atom is 0.246 e. The number of anilines is 1. The molecule has 1 aromatic carbocycles. The van der Waals surface area contributed by atoms with Crippen LogP contribution in [0.1, 0.15) is 45.4 Å². The van der Waals surface area contributed by atoms with Gasteiger partial charge in [0.1, 0.15) is 17.4 Å². The summed E-state index contributed by atoms with van der Waals surface area (Å²) in [5.74, 6) is -1.58. The van der Waals surface area contributed by atoms with Crippen molar-refractivity contribution in [3.8, 4) is 5.75 Å². The van der Waals surface area contributed by atoms with Crippen molar-refractivity contribution in [2.45, 2.75) is 69.2 Å². The van der Waals surface area contributed by atoms with E-state index in [1.165, 1.54) is 6.42 Å². The van der Waals surface area contributed by atoms with E-state index in [9.17, 15) is 14.4 Å². The van der Waals surface area contributed by atoms with Crippen LogP contribution < -0.4 is 15.4 Å². The van der Waals surface area contributed by atoms with Crippen molar-refractivity contribution in [2.24, 2.45) is 11.8 Å². The molecule has 1 aromatic rings. The lowest BCUT2D eigenvalue weighted by Gasteiger charge is -2.34. The average Bonchev–Trinajstić information content (AvgIpc) is 3.54. The molecule has 9 nitrogen and oxygen atoms in total. The van der Waals surface area contributed by atoms with Crippen LogP contribution in [-0.2, 0) is 23.9 Å². The third-order valence-electron chi connectivity index (χ3n) is 8.11. The van der Waals surface area contributed by atoms with Crippen LogP contribution in [0.3, 0.4) is 0 Å². The molecule has 2 saturated heterocycles. The van der Waals surface area contributed by atoms with Gasteiger partial charge < -0.3 is 29.7 Å². The molecule has 3 heterocycles. The fraction of sp³-hybridized carbons (Fsp3) is 0.607. The molecule has 3 fully saturated rings. The maximum atomic E-state index is 13.9. The number of amides is 3. The molecule has 1 aliphatic carbocycles. The van der Waals surface area contributed by atoms with Crippen LogP contribution >= 0.6 is 0 Å². The molecule has 3 unspecified atom stereocenters. The molecular weight excluding hydrogens is 474 g/mol. The Morgan fingerprint density at radius 3 is 2.76 bits per heavy atom. The van der Waals surface area contributed by atoms with Gasteiger partial charge in [-0.05, 0) is 38.3 Å². The zero-order valence-corrected chi connectivity index (χ0v) is 21.6. The summed E-state index contributed by atoms with van der Waals surface area (Å²) in [6, 6.07) is 6.38. The molecule has 4 aliphatic rings. The predicted molar refractivity (Wildman–Crippen MR) is 137 cm³/mol. The Balaban J connectivity index is 1.40. The molecular formula is C28H37N3O6. The summed E-state index contributed by atoms with van der Waals surface area (Å²) < 4.78 is 17.2. The second kappa shape index (κ2) is 10.8. The van der Waals surface area contributed by atoms with Crippen LogP contribution in [0.15, 0.2) is 36.4 Å². The predicted octanol–water partition coefficient (Wildman–Crippen LogP) is 2.66. The second-order valence-corrected chi connectivity index (χ2v) is 10.3. The number of carbonyl (C=O) groups is 3. The quantitative estimate of drug-likeness (QED) is 0.370. The van der Waals surface area contributed by atoms with Crippen LogP contribution in [0.2, 0.25) is 0 Å². The number of hydrogen-bond acceptors (Lipinski definition) is 6. The van der Waals surface area contributed by atoms with Gasteiger partial charge in [-0.1, -0.05) is 37.5 Å². The molecule has 0 radical (unpaired) electrons. The molecule has 9 heteroatoms. The summed E-state index contributed by atoms with van der Waals surface area (Å²) in [5.41, 5.74) is -0.571. The van der Waals surface area contributed by atoms with Gasteiger partial charge in [0, 0.05) is 37.6 Å². The maximum absolute atomic E-state index is 13.9. The summed E-state index contributed by atoms with van der Waals surface area (Å²) in [6.07, 6.45) is 8.97. The monoisotopic (exact) mass is 511 g/mol. The normalized spacial score (nSPS) is 30.4. The van der Waals surface area contributed by atoms with Crippen molar-refractivity contribution in [3.63, 3.8) is 0 Å². The van der Waals surface area contributed by atoms with Gasteiger partial charge in [0.2, 0.25) is 17.7 Å². The first-order chi connectivity index (χ1) is 18.0. The standard InChI is InChI=1S/C28H37N3O6/c1-3-36-16-8-15-31-24(26(33)29-18-9-5-4-6-10-18)28-14-13-21(37-28)22(23(28)27(31)34)25(32)30-19-11-7-12-20(17-19)35-2/h7,11-14,17-18,21-24H,3-6,8-10,15-16H2,1-2H3,(H,29,33)(H,30,32)/t21-,22?,23-,24?,28?/m1/s1. The number of rotatable bonds is 10. The summed E-state index contributed by atoms with van der Waals surface area (Å²) in [6.45, 7) is 3.37. The van der Waals surface area contributed by atoms with E-state index < -0.39 is 29.6 Å². The topological polar surface area (TPSA) is 106 Å². The van der Waals surface area contributed by atoms with Crippen LogP contribution in [0.4, 0.5) is 5.69 Å². The summed E-state index contributed by atoms with van der Waals surface area (Å²) in [4.78, 5) is 42.8. The number of carbonyl (C=O) groups excluding carboxylic acids is 3. The Morgan fingerprint density at radius 1 is 1.19 bits per heavy atom. The molecule has 2 N–H and O–H groups in total. The van der Waals surface area contributed by atoms with E-state index in [1.807, 2.05) is 19.1 Å². The first kappa shape index (κ1) is 25.7. The molecule has 0 aromatic heterocycles.